The van der Waals surface area contributed by atoms with Gasteiger partial charge in [-0.25, -0.2) is 0 Å². The Morgan fingerprint density at radius 1 is 1.40 bits per heavy atom. The highest BCUT2D eigenvalue weighted by atomic mass is 16.2. The number of nitrogens with two attached hydrogens (primary N) is 1. The molecule has 1 aliphatic rings. The van der Waals surface area contributed by atoms with Crippen LogP contribution in [0.25, 0.3) is 0 Å². The van der Waals surface area contributed by atoms with E-state index in [2.05, 4.69) is 20.8 Å². The van der Waals surface area contributed by atoms with E-state index in [1.807, 2.05) is 11.9 Å². The highest BCUT2D eigenvalue weighted by Gasteiger charge is 2.34. The summed E-state index contributed by atoms with van der Waals surface area (Å²) >= 11 is 0. The predicted molar refractivity (Wildman–Crippen MR) is 62.3 cm³/mol. The normalized spacial score (nSPS) is 20.1. The first-order valence-electron chi connectivity index (χ1n) is 5.95. The molecule has 15 heavy (non-hydrogen) atoms. The summed E-state index contributed by atoms with van der Waals surface area (Å²) < 4.78 is 0. The fraction of sp³-hybridized carbons (Fsp3) is 0.917. The summed E-state index contributed by atoms with van der Waals surface area (Å²) in [5, 5.41) is 0. The monoisotopic (exact) mass is 212 g/mol. The van der Waals surface area contributed by atoms with Crippen LogP contribution in [0.1, 0.15) is 33.6 Å². The summed E-state index contributed by atoms with van der Waals surface area (Å²) in [4.78, 5) is 14.0. The molecule has 0 bridgehead atoms. The predicted octanol–water partition coefficient (Wildman–Crippen LogP) is 1.47. The van der Waals surface area contributed by atoms with Gasteiger partial charge in [0.15, 0.2) is 0 Å². The number of hydrogen-bond donors (Lipinski definition) is 1. The molecular formula is C12H24N2O. The van der Waals surface area contributed by atoms with Crippen LogP contribution in [0.2, 0.25) is 0 Å². The number of hydrogen-bond acceptors (Lipinski definition) is 2. The van der Waals surface area contributed by atoms with E-state index >= 15 is 0 Å². The van der Waals surface area contributed by atoms with Gasteiger partial charge in [-0.15, -0.1) is 0 Å². The van der Waals surface area contributed by atoms with Gasteiger partial charge in [-0.2, -0.15) is 0 Å². The van der Waals surface area contributed by atoms with Gasteiger partial charge in [-0.05, 0) is 31.6 Å². The lowest BCUT2D eigenvalue weighted by molar-refractivity contribution is -0.137. The summed E-state index contributed by atoms with van der Waals surface area (Å²) in [6, 6.07) is 0.380. The standard InChI is InChI=1S/C12H24N2O/c1-8(2)11(7-13)12(15)14(4)9(3)10-5-6-10/h8-11H,5-7,13H2,1-4H3. The summed E-state index contributed by atoms with van der Waals surface area (Å²) in [6.45, 7) is 6.72. The molecule has 1 rings (SSSR count). The SMILES string of the molecule is CC(C)C(CN)C(=O)N(C)C(C)C1CC1. The Morgan fingerprint density at radius 3 is 2.27 bits per heavy atom. The van der Waals surface area contributed by atoms with Gasteiger partial charge in [0, 0.05) is 19.6 Å². The number of rotatable bonds is 5. The molecule has 0 aromatic rings. The molecule has 1 amide bonds. The molecule has 2 N–H and O–H groups in total. The van der Waals surface area contributed by atoms with E-state index in [-0.39, 0.29) is 11.8 Å². The summed E-state index contributed by atoms with van der Waals surface area (Å²) in [5.41, 5.74) is 5.66. The van der Waals surface area contributed by atoms with Crippen LogP contribution in [0.5, 0.6) is 0 Å². The fourth-order valence-corrected chi connectivity index (χ4v) is 2.02. The maximum atomic E-state index is 12.1. The minimum Gasteiger partial charge on any atom is -0.342 e. The van der Waals surface area contributed by atoms with Crippen molar-refractivity contribution in [1.29, 1.82) is 0 Å². The fourth-order valence-electron chi connectivity index (χ4n) is 2.02. The zero-order valence-corrected chi connectivity index (χ0v) is 10.4. The van der Waals surface area contributed by atoms with E-state index in [4.69, 9.17) is 5.73 Å². The van der Waals surface area contributed by atoms with Gasteiger partial charge in [0.05, 0.1) is 5.92 Å². The summed E-state index contributed by atoms with van der Waals surface area (Å²) in [7, 11) is 1.91. The van der Waals surface area contributed by atoms with Gasteiger partial charge in [0.25, 0.3) is 0 Å². The second kappa shape index (κ2) is 4.97. The highest BCUT2D eigenvalue weighted by Crippen LogP contribution is 2.35. The molecule has 3 nitrogen and oxygen atoms in total. The Labute approximate surface area is 93.0 Å². The van der Waals surface area contributed by atoms with Crippen molar-refractivity contribution in [3.05, 3.63) is 0 Å². The molecule has 1 aliphatic carbocycles. The molecule has 1 fully saturated rings. The molecule has 0 heterocycles. The van der Waals surface area contributed by atoms with Crippen LogP contribution in [0.3, 0.4) is 0 Å². The topological polar surface area (TPSA) is 46.3 Å². The van der Waals surface area contributed by atoms with Crippen LogP contribution in [0, 0.1) is 17.8 Å². The third-order valence-corrected chi connectivity index (χ3v) is 3.64. The van der Waals surface area contributed by atoms with Gasteiger partial charge in [-0.1, -0.05) is 13.8 Å². The van der Waals surface area contributed by atoms with E-state index in [0.717, 1.165) is 5.92 Å². The average Bonchev–Trinajstić information content (AvgIpc) is 2.99. The molecular weight excluding hydrogens is 188 g/mol. The van der Waals surface area contributed by atoms with E-state index in [1.165, 1.54) is 12.8 Å². The van der Waals surface area contributed by atoms with Crippen LogP contribution in [-0.4, -0.2) is 30.4 Å². The first-order chi connectivity index (χ1) is 6.99. The van der Waals surface area contributed by atoms with Crippen LogP contribution in [-0.2, 0) is 4.79 Å². The van der Waals surface area contributed by atoms with Crippen LogP contribution < -0.4 is 5.73 Å². The van der Waals surface area contributed by atoms with Crippen molar-refractivity contribution in [2.75, 3.05) is 13.6 Å². The zero-order valence-electron chi connectivity index (χ0n) is 10.4. The Hall–Kier alpha value is -0.570. The quantitative estimate of drug-likeness (QED) is 0.750. The molecule has 2 atom stereocenters. The summed E-state index contributed by atoms with van der Waals surface area (Å²) in [5.74, 6) is 1.25. The van der Waals surface area contributed by atoms with Crippen molar-refractivity contribution >= 4 is 5.91 Å². The Morgan fingerprint density at radius 2 is 1.93 bits per heavy atom. The van der Waals surface area contributed by atoms with E-state index in [1.54, 1.807) is 0 Å². The lowest BCUT2D eigenvalue weighted by atomic mass is 9.94. The third kappa shape index (κ3) is 2.94. The molecule has 2 unspecified atom stereocenters. The van der Waals surface area contributed by atoms with Crippen LogP contribution in [0.15, 0.2) is 0 Å². The smallest absolute Gasteiger partial charge is 0.227 e. The zero-order chi connectivity index (χ0) is 11.6. The van der Waals surface area contributed by atoms with Crippen molar-refractivity contribution < 1.29 is 4.79 Å². The molecule has 0 aromatic carbocycles. The Balaban J connectivity index is 2.56. The van der Waals surface area contributed by atoms with Crippen LogP contribution >= 0.6 is 0 Å². The van der Waals surface area contributed by atoms with E-state index in [0.29, 0.717) is 18.5 Å². The first kappa shape index (κ1) is 12.5. The Kier molecular flexibility index (Phi) is 4.14. The molecule has 0 aliphatic heterocycles. The van der Waals surface area contributed by atoms with Crippen molar-refractivity contribution in [3.63, 3.8) is 0 Å². The number of carbonyl (C=O) groups excluding carboxylic acids is 1. The van der Waals surface area contributed by atoms with Gasteiger partial charge < -0.3 is 10.6 Å². The van der Waals surface area contributed by atoms with Gasteiger partial charge in [0.2, 0.25) is 5.91 Å². The molecule has 0 aromatic heterocycles. The molecule has 0 saturated heterocycles. The van der Waals surface area contributed by atoms with Crippen molar-refractivity contribution in [2.24, 2.45) is 23.5 Å². The van der Waals surface area contributed by atoms with Crippen molar-refractivity contribution in [2.45, 2.75) is 39.7 Å². The second-order valence-corrected chi connectivity index (χ2v) is 5.11. The maximum absolute atomic E-state index is 12.1. The largest absolute Gasteiger partial charge is 0.342 e. The van der Waals surface area contributed by atoms with Gasteiger partial charge in [-0.3, -0.25) is 4.79 Å². The minimum absolute atomic E-state index is 0.0174. The number of nitrogens with zero attached hydrogens (tertiary/aromatic N) is 1. The maximum Gasteiger partial charge on any atom is 0.227 e. The molecule has 0 spiro atoms. The lowest BCUT2D eigenvalue weighted by Crippen LogP contribution is -2.44. The highest BCUT2D eigenvalue weighted by molar-refractivity contribution is 5.79. The second-order valence-electron chi connectivity index (χ2n) is 5.11. The number of carbonyl (C=O) groups is 1. The van der Waals surface area contributed by atoms with E-state index in [9.17, 15) is 4.79 Å². The molecule has 3 heteroatoms. The average molecular weight is 212 g/mol. The van der Waals surface area contributed by atoms with E-state index < -0.39 is 0 Å². The molecule has 88 valence electrons. The molecule has 0 radical (unpaired) electrons. The third-order valence-electron chi connectivity index (χ3n) is 3.64. The molecule has 1 saturated carbocycles. The minimum atomic E-state index is -0.0174. The first-order valence-corrected chi connectivity index (χ1v) is 5.95. The summed E-state index contributed by atoms with van der Waals surface area (Å²) in [6.07, 6.45) is 2.54. The Bertz CT molecular complexity index is 224. The van der Waals surface area contributed by atoms with Crippen LogP contribution in [0.4, 0.5) is 0 Å². The van der Waals surface area contributed by atoms with Crippen molar-refractivity contribution in [1.82, 2.24) is 4.90 Å². The number of amides is 1. The van der Waals surface area contributed by atoms with Crippen molar-refractivity contribution in [3.8, 4) is 0 Å². The van der Waals surface area contributed by atoms with Gasteiger partial charge in [0.1, 0.15) is 0 Å². The van der Waals surface area contributed by atoms with Gasteiger partial charge >= 0.3 is 0 Å². The lowest BCUT2D eigenvalue weighted by Gasteiger charge is -2.30.